The summed E-state index contributed by atoms with van der Waals surface area (Å²) in [6.07, 6.45) is 33.6. The van der Waals surface area contributed by atoms with E-state index in [1.807, 2.05) is 0 Å². The topological polar surface area (TPSA) is 0 Å². The molecule has 27 heavy (non-hydrogen) atoms. The van der Waals surface area contributed by atoms with Crippen LogP contribution in [-0.4, -0.2) is 0 Å². The maximum Gasteiger partial charge on any atom is -0.0351 e. The maximum absolute atomic E-state index is 3.93. The van der Waals surface area contributed by atoms with E-state index in [1.54, 1.807) is 0 Å². The average molecular weight is 377 g/mol. The quantitative estimate of drug-likeness (QED) is 0.130. The lowest BCUT2D eigenvalue weighted by molar-refractivity contribution is 0.397. The Morgan fingerprint density at radius 2 is 0.889 bits per heavy atom. The molecule has 0 saturated carbocycles. The summed E-state index contributed by atoms with van der Waals surface area (Å²) in [7, 11) is 0. The molecule has 0 spiro atoms. The van der Waals surface area contributed by atoms with Gasteiger partial charge >= 0.3 is 0 Å². The lowest BCUT2D eigenvalue weighted by Crippen LogP contribution is -1.99. The first kappa shape index (κ1) is 26.7. The van der Waals surface area contributed by atoms with Gasteiger partial charge in [0.15, 0.2) is 0 Å². The van der Waals surface area contributed by atoms with E-state index in [9.17, 15) is 0 Å². The Morgan fingerprint density at radius 3 is 1.37 bits per heavy atom. The molecule has 160 valence electrons. The molecule has 1 unspecified atom stereocenters. The number of rotatable bonds is 22. The minimum absolute atomic E-state index is 0.982. The average Bonchev–Trinajstić information content (AvgIpc) is 2.69. The molecule has 0 aliphatic heterocycles. The Labute approximate surface area is 174 Å². The summed E-state index contributed by atoms with van der Waals surface area (Å²) in [6, 6.07) is 0. The van der Waals surface area contributed by atoms with E-state index in [1.165, 1.54) is 122 Å². The molecule has 2 radical (unpaired) electrons. The van der Waals surface area contributed by atoms with Crippen molar-refractivity contribution in [3.8, 4) is 0 Å². The number of hydrogen-bond acceptors (Lipinski definition) is 0. The van der Waals surface area contributed by atoms with Crippen molar-refractivity contribution in [1.29, 1.82) is 0 Å². The van der Waals surface area contributed by atoms with E-state index in [4.69, 9.17) is 0 Å². The smallest absolute Gasteiger partial charge is 0.0351 e. The standard InChI is InChI=1S/C27H52/c1-4-7-9-11-13-14-15-16-17-18-19-20-22-24-26-27(6-3)25-23-21-12-10-8-5-2/h18-19,27H,1-2,4-17,20-26H2,3H3/b19-18+. The first-order chi connectivity index (χ1) is 13.3. The molecule has 0 aromatic rings. The van der Waals surface area contributed by atoms with Gasteiger partial charge in [0.05, 0.1) is 0 Å². The fourth-order valence-electron chi connectivity index (χ4n) is 3.95. The van der Waals surface area contributed by atoms with Gasteiger partial charge in [0.2, 0.25) is 0 Å². The third kappa shape index (κ3) is 21.9. The van der Waals surface area contributed by atoms with Crippen LogP contribution in [0.2, 0.25) is 0 Å². The monoisotopic (exact) mass is 376 g/mol. The van der Waals surface area contributed by atoms with Crippen LogP contribution in [0.3, 0.4) is 0 Å². The predicted octanol–water partition coefficient (Wildman–Crippen LogP) is 10.0. The highest BCUT2D eigenvalue weighted by Gasteiger charge is 2.05. The Hall–Kier alpha value is -0.260. The summed E-state index contributed by atoms with van der Waals surface area (Å²) in [5.41, 5.74) is 0. The van der Waals surface area contributed by atoms with Crippen molar-refractivity contribution in [2.45, 2.75) is 142 Å². The summed E-state index contributed by atoms with van der Waals surface area (Å²) < 4.78 is 0. The van der Waals surface area contributed by atoms with E-state index in [0.717, 1.165) is 18.8 Å². The molecule has 0 aliphatic carbocycles. The van der Waals surface area contributed by atoms with Gasteiger partial charge in [-0.05, 0) is 31.6 Å². The molecule has 0 N–H and O–H groups in total. The normalized spacial score (nSPS) is 12.9. The van der Waals surface area contributed by atoms with Gasteiger partial charge in [-0.2, -0.15) is 0 Å². The van der Waals surface area contributed by atoms with Gasteiger partial charge in [0.1, 0.15) is 0 Å². The van der Waals surface area contributed by atoms with Crippen molar-refractivity contribution >= 4 is 0 Å². The minimum atomic E-state index is 0.982. The van der Waals surface area contributed by atoms with Crippen molar-refractivity contribution in [1.82, 2.24) is 0 Å². The minimum Gasteiger partial charge on any atom is -0.0885 e. The molecule has 0 aliphatic rings. The number of hydrogen-bond donors (Lipinski definition) is 0. The van der Waals surface area contributed by atoms with Crippen molar-refractivity contribution in [2.24, 2.45) is 5.92 Å². The van der Waals surface area contributed by atoms with E-state index in [-0.39, 0.29) is 0 Å². The Balaban J connectivity index is 3.33. The zero-order chi connectivity index (χ0) is 19.8. The first-order valence-corrected chi connectivity index (χ1v) is 12.6. The van der Waals surface area contributed by atoms with Crippen LogP contribution in [0, 0.1) is 19.8 Å². The molecule has 0 aromatic carbocycles. The largest absolute Gasteiger partial charge is 0.0885 e. The fraction of sp³-hybridized carbons (Fsp3) is 0.852. The van der Waals surface area contributed by atoms with Crippen LogP contribution in [0.1, 0.15) is 142 Å². The Morgan fingerprint density at radius 1 is 0.519 bits per heavy atom. The Kier molecular flexibility index (Phi) is 23.5. The molecule has 0 aromatic heterocycles. The molecule has 0 heterocycles. The van der Waals surface area contributed by atoms with Gasteiger partial charge in [-0.1, -0.05) is 142 Å². The van der Waals surface area contributed by atoms with E-state index in [0.29, 0.717) is 0 Å². The van der Waals surface area contributed by atoms with Crippen molar-refractivity contribution < 1.29 is 0 Å². The SMILES string of the molecule is [CH2]CCCCCCCCC/C=C/CCCCC(CC)CCCCCCC[CH2]. The van der Waals surface area contributed by atoms with E-state index < -0.39 is 0 Å². The second kappa shape index (κ2) is 23.8. The molecule has 0 saturated heterocycles. The van der Waals surface area contributed by atoms with Gasteiger partial charge in [0.25, 0.3) is 0 Å². The van der Waals surface area contributed by atoms with Crippen LogP contribution in [0.4, 0.5) is 0 Å². The van der Waals surface area contributed by atoms with E-state index in [2.05, 4.69) is 32.9 Å². The van der Waals surface area contributed by atoms with Crippen molar-refractivity contribution in [3.63, 3.8) is 0 Å². The van der Waals surface area contributed by atoms with Crippen molar-refractivity contribution in [2.75, 3.05) is 0 Å². The van der Waals surface area contributed by atoms with Crippen LogP contribution in [0.15, 0.2) is 12.2 Å². The molecule has 0 nitrogen and oxygen atoms in total. The predicted molar refractivity (Wildman–Crippen MR) is 126 cm³/mol. The van der Waals surface area contributed by atoms with Crippen LogP contribution >= 0.6 is 0 Å². The maximum atomic E-state index is 3.93. The molecular formula is C27H52. The number of unbranched alkanes of at least 4 members (excludes halogenated alkanes) is 15. The van der Waals surface area contributed by atoms with Gasteiger partial charge in [-0.3, -0.25) is 0 Å². The van der Waals surface area contributed by atoms with Crippen LogP contribution in [0.5, 0.6) is 0 Å². The molecule has 0 rings (SSSR count). The lowest BCUT2D eigenvalue weighted by Gasteiger charge is -2.14. The van der Waals surface area contributed by atoms with Gasteiger partial charge in [0, 0.05) is 0 Å². The highest BCUT2D eigenvalue weighted by molar-refractivity contribution is 4.81. The summed E-state index contributed by atoms with van der Waals surface area (Å²) in [5.74, 6) is 0.982. The highest BCUT2D eigenvalue weighted by Crippen LogP contribution is 2.21. The summed E-state index contributed by atoms with van der Waals surface area (Å²) >= 11 is 0. The lowest BCUT2D eigenvalue weighted by atomic mass is 9.92. The number of allylic oxidation sites excluding steroid dienone is 2. The highest BCUT2D eigenvalue weighted by atomic mass is 14.1. The molecular weight excluding hydrogens is 324 g/mol. The third-order valence-electron chi connectivity index (χ3n) is 5.96. The summed E-state index contributed by atoms with van der Waals surface area (Å²) in [4.78, 5) is 0. The molecule has 0 bridgehead atoms. The second-order valence-electron chi connectivity index (χ2n) is 8.56. The molecule has 0 fully saturated rings. The molecule has 0 heteroatoms. The summed E-state index contributed by atoms with van der Waals surface area (Å²) in [6.45, 7) is 10.2. The summed E-state index contributed by atoms with van der Waals surface area (Å²) in [5, 5.41) is 0. The fourth-order valence-corrected chi connectivity index (χ4v) is 3.95. The van der Waals surface area contributed by atoms with Crippen LogP contribution in [-0.2, 0) is 0 Å². The van der Waals surface area contributed by atoms with Crippen LogP contribution < -0.4 is 0 Å². The second-order valence-corrected chi connectivity index (χ2v) is 8.56. The van der Waals surface area contributed by atoms with Crippen molar-refractivity contribution in [3.05, 3.63) is 26.0 Å². The van der Waals surface area contributed by atoms with Gasteiger partial charge in [-0.25, -0.2) is 0 Å². The third-order valence-corrected chi connectivity index (χ3v) is 5.96. The zero-order valence-electron chi connectivity index (χ0n) is 19.0. The van der Waals surface area contributed by atoms with Gasteiger partial charge in [-0.15, -0.1) is 0 Å². The van der Waals surface area contributed by atoms with E-state index >= 15 is 0 Å². The first-order valence-electron chi connectivity index (χ1n) is 12.6. The van der Waals surface area contributed by atoms with Crippen LogP contribution in [0.25, 0.3) is 0 Å². The Bertz CT molecular complexity index is 278. The molecule has 0 amide bonds. The van der Waals surface area contributed by atoms with Gasteiger partial charge < -0.3 is 0 Å². The zero-order valence-corrected chi connectivity index (χ0v) is 19.0. The molecule has 1 atom stereocenters.